The van der Waals surface area contributed by atoms with E-state index in [1.807, 2.05) is 6.92 Å². The maximum atomic E-state index is 11.4. The highest BCUT2D eigenvalue weighted by molar-refractivity contribution is 7.93. The summed E-state index contributed by atoms with van der Waals surface area (Å²) in [5.74, 6) is 0.408. The Hall–Kier alpha value is -0.0900. The number of sulfone groups is 1. The molecule has 0 aliphatic carbocycles. The third kappa shape index (κ3) is 1.50. The van der Waals surface area contributed by atoms with Gasteiger partial charge in [0, 0.05) is 6.04 Å². The molecule has 0 radical (unpaired) electrons. The number of nitrogens with zero attached hydrogens (tertiary/aromatic N) is 1. The third-order valence-corrected chi connectivity index (χ3v) is 5.68. The van der Waals surface area contributed by atoms with E-state index in [1.54, 1.807) is 0 Å². The molecule has 2 fully saturated rings. The van der Waals surface area contributed by atoms with Crippen LogP contribution in [0, 0.1) is 0 Å². The molecule has 76 valence electrons. The van der Waals surface area contributed by atoms with Crippen molar-refractivity contribution in [3.63, 3.8) is 0 Å². The fraction of sp³-hybridized carbons (Fsp3) is 1.00. The number of rotatable bonds is 2. The average molecular weight is 203 g/mol. The Morgan fingerprint density at radius 1 is 1.31 bits per heavy atom. The van der Waals surface area contributed by atoms with Crippen LogP contribution in [0.4, 0.5) is 0 Å². The molecule has 0 spiro atoms. The molecular formula is C9H17NO2S. The van der Waals surface area contributed by atoms with Gasteiger partial charge in [0.05, 0.1) is 11.0 Å². The molecular weight excluding hydrogens is 186 g/mol. The largest absolute Gasteiger partial charge is 0.298 e. The van der Waals surface area contributed by atoms with Crippen molar-refractivity contribution in [2.45, 2.75) is 37.5 Å². The maximum Gasteiger partial charge on any atom is 0.156 e. The highest BCUT2D eigenvalue weighted by atomic mass is 32.2. The number of likely N-dealkylation sites (tertiary alicyclic amines) is 1. The van der Waals surface area contributed by atoms with Crippen molar-refractivity contribution in [2.24, 2.45) is 0 Å². The summed E-state index contributed by atoms with van der Waals surface area (Å²) in [6.07, 6.45) is 3.27. The first-order chi connectivity index (χ1) is 6.15. The smallest absolute Gasteiger partial charge is 0.156 e. The second-order valence-electron chi connectivity index (χ2n) is 4.09. The van der Waals surface area contributed by atoms with E-state index in [-0.39, 0.29) is 5.25 Å². The fourth-order valence-electron chi connectivity index (χ4n) is 2.53. The summed E-state index contributed by atoms with van der Waals surface area (Å²) in [4.78, 5) is 2.36. The van der Waals surface area contributed by atoms with E-state index in [0.717, 1.165) is 19.5 Å². The third-order valence-electron chi connectivity index (χ3n) is 3.31. The van der Waals surface area contributed by atoms with Gasteiger partial charge in [-0.2, -0.15) is 0 Å². The molecule has 0 aromatic heterocycles. The lowest BCUT2D eigenvalue weighted by Gasteiger charge is -2.41. The minimum Gasteiger partial charge on any atom is -0.298 e. The zero-order valence-corrected chi connectivity index (χ0v) is 8.89. The van der Waals surface area contributed by atoms with Crippen LogP contribution in [-0.2, 0) is 9.84 Å². The van der Waals surface area contributed by atoms with E-state index in [2.05, 4.69) is 4.90 Å². The van der Waals surface area contributed by atoms with Crippen molar-refractivity contribution < 1.29 is 8.42 Å². The quantitative estimate of drug-likeness (QED) is 0.661. The Morgan fingerprint density at radius 3 is 2.38 bits per heavy atom. The Bertz CT molecular complexity index is 280. The molecule has 2 atom stereocenters. The summed E-state index contributed by atoms with van der Waals surface area (Å²) in [5, 5.41) is -0.0643. The highest BCUT2D eigenvalue weighted by Crippen LogP contribution is 2.30. The zero-order valence-electron chi connectivity index (χ0n) is 8.07. The first-order valence-corrected chi connectivity index (χ1v) is 6.82. The number of hydrogen-bond acceptors (Lipinski definition) is 3. The molecule has 0 bridgehead atoms. The molecule has 2 heterocycles. The van der Waals surface area contributed by atoms with Gasteiger partial charge in [0.1, 0.15) is 0 Å². The van der Waals surface area contributed by atoms with Crippen molar-refractivity contribution >= 4 is 9.84 Å². The standard InChI is InChI=1S/C9H17NO2S/c1-2-9-8(7-13(9,11)12)10-5-3-4-6-10/h8-9H,2-7H2,1H3. The predicted molar refractivity (Wildman–Crippen MR) is 52.5 cm³/mol. The van der Waals surface area contributed by atoms with Crippen molar-refractivity contribution in [2.75, 3.05) is 18.8 Å². The van der Waals surface area contributed by atoms with Crippen LogP contribution in [-0.4, -0.2) is 43.5 Å². The molecule has 2 aliphatic rings. The zero-order chi connectivity index (χ0) is 9.47. The molecule has 2 rings (SSSR count). The molecule has 0 N–H and O–H groups in total. The Balaban J connectivity index is 2.03. The summed E-state index contributed by atoms with van der Waals surface area (Å²) in [6, 6.07) is 0.345. The molecule has 2 unspecified atom stereocenters. The van der Waals surface area contributed by atoms with Crippen LogP contribution in [0.2, 0.25) is 0 Å². The first-order valence-electron chi connectivity index (χ1n) is 5.11. The SMILES string of the molecule is CCC1C(N2CCCC2)CS1(=O)=O. The van der Waals surface area contributed by atoms with E-state index >= 15 is 0 Å². The molecule has 0 saturated carbocycles. The van der Waals surface area contributed by atoms with Crippen LogP contribution in [0.1, 0.15) is 26.2 Å². The van der Waals surface area contributed by atoms with Gasteiger partial charge < -0.3 is 0 Å². The predicted octanol–water partition coefficient (Wildman–Crippen LogP) is 0.658. The van der Waals surface area contributed by atoms with Gasteiger partial charge in [0.25, 0.3) is 0 Å². The van der Waals surface area contributed by atoms with Crippen molar-refractivity contribution in [3.05, 3.63) is 0 Å². The minimum absolute atomic E-state index is 0.0643. The van der Waals surface area contributed by atoms with Crippen molar-refractivity contribution in [1.82, 2.24) is 4.90 Å². The van der Waals surface area contributed by atoms with E-state index in [0.29, 0.717) is 11.8 Å². The Kier molecular flexibility index (Phi) is 2.36. The second-order valence-corrected chi connectivity index (χ2v) is 6.35. The molecule has 3 nitrogen and oxygen atoms in total. The molecule has 2 saturated heterocycles. The van der Waals surface area contributed by atoms with Crippen LogP contribution in [0.5, 0.6) is 0 Å². The Morgan fingerprint density at radius 2 is 1.92 bits per heavy atom. The van der Waals surface area contributed by atoms with Gasteiger partial charge >= 0.3 is 0 Å². The van der Waals surface area contributed by atoms with Gasteiger partial charge in [-0.25, -0.2) is 8.42 Å². The molecule has 0 aromatic rings. The summed E-state index contributed by atoms with van der Waals surface area (Å²) in [5.41, 5.74) is 0. The minimum atomic E-state index is -2.70. The van der Waals surface area contributed by atoms with Gasteiger partial charge in [-0.1, -0.05) is 6.92 Å². The molecule has 2 aliphatic heterocycles. The molecule has 4 heteroatoms. The van der Waals surface area contributed by atoms with Gasteiger partial charge in [-0.3, -0.25) is 4.90 Å². The maximum absolute atomic E-state index is 11.4. The first kappa shape index (κ1) is 9.46. The fourth-order valence-corrected chi connectivity index (χ4v) is 4.59. The van der Waals surface area contributed by atoms with Crippen molar-refractivity contribution in [3.8, 4) is 0 Å². The van der Waals surface area contributed by atoms with E-state index in [1.165, 1.54) is 12.8 Å². The van der Waals surface area contributed by atoms with Crippen LogP contribution in [0.25, 0.3) is 0 Å². The number of hydrogen-bond donors (Lipinski definition) is 0. The van der Waals surface area contributed by atoms with E-state index < -0.39 is 9.84 Å². The lowest BCUT2D eigenvalue weighted by atomic mass is 10.1. The second kappa shape index (κ2) is 3.24. The van der Waals surface area contributed by atoms with Gasteiger partial charge in [0.2, 0.25) is 0 Å². The average Bonchev–Trinajstić information content (AvgIpc) is 2.53. The van der Waals surface area contributed by atoms with E-state index in [9.17, 15) is 8.42 Å². The summed E-state index contributed by atoms with van der Waals surface area (Å²) in [6.45, 7) is 4.19. The van der Waals surface area contributed by atoms with Gasteiger partial charge in [-0.05, 0) is 32.4 Å². The lowest BCUT2D eigenvalue weighted by molar-refractivity contribution is 0.230. The Labute approximate surface area is 80.0 Å². The topological polar surface area (TPSA) is 37.4 Å². The van der Waals surface area contributed by atoms with Gasteiger partial charge in [-0.15, -0.1) is 0 Å². The lowest BCUT2D eigenvalue weighted by Crippen LogP contribution is -2.59. The summed E-state index contributed by atoms with van der Waals surface area (Å²) < 4.78 is 22.8. The van der Waals surface area contributed by atoms with E-state index in [4.69, 9.17) is 0 Å². The highest BCUT2D eigenvalue weighted by Gasteiger charge is 2.47. The molecule has 0 aromatic carbocycles. The van der Waals surface area contributed by atoms with Crippen molar-refractivity contribution in [1.29, 1.82) is 0 Å². The normalized spacial score (nSPS) is 38.8. The molecule has 13 heavy (non-hydrogen) atoms. The van der Waals surface area contributed by atoms with Crippen LogP contribution < -0.4 is 0 Å². The van der Waals surface area contributed by atoms with Crippen LogP contribution in [0.3, 0.4) is 0 Å². The monoisotopic (exact) mass is 203 g/mol. The van der Waals surface area contributed by atoms with Crippen LogP contribution in [0.15, 0.2) is 0 Å². The summed E-state index contributed by atoms with van der Waals surface area (Å²) in [7, 11) is -2.70. The molecule has 0 amide bonds. The van der Waals surface area contributed by atoms with Crippen LogP contribution >= 0.6 is 0 Å². The summed E-state index contributed by atoms with van der Waals surface area (Å²) >= 11 is 0. The van der Waals surface area contributed by atoms with Gasteiger partial charge in [0.15, 0.2) is 9.84 Å².